The van der Waals surface area contributed by atoms with Crippen molar-refractivity contribution in [1.29, 1.82) is 0 Å². The van der Waals surface area contributed by atoms with Gasteiger partial charge >= 0.3 is 6.18 Å². The monoisotopic (exact) mass is 262 g/mol. The molecular formula is C10H6ClF3N2O. The van der Waals surface area contributed by atoms with Crippen molar-refractivity contribution in [1.82, 2.24) is 4.98 Å². The van der Waals surface area contributed by atoms with Gasteiger partial charge in [0, 0.05) is 22.2 Å². The largest absolute Gasteiger partial charge is 0.417 e. The summed E-state index contributed by atoms with van der Waals surface area (Å²) in [5, 5.41) is -0.0912. The Kier molecular flexibility index (Phi) is 2.54. The van der Waals surface area contributed by atoms with Gasteiger partial charge in [-0.15, -0.1) is 0 Å². The van der Waals surface area contributed by atoms with Crippen LogP contribution in [-0.2, 0) is 6.18 Å². The molecule has 0 radical (unpaired) electrons. The Labute approximate surface area is 98.0 Å². The third kappa shape index (κ3) is 2.08. The maximum absolute atomic E-state index is 12.7. The van der Waals surface area contributed by atoms with Gasteiger partial charge in [0.1, 0.15) is 0 Å². The molecule has 2 rings (SSSR count). The number of pyridine rings is 1. The highest BCUT2D eigenvalue weighted by atomic mass is 35.5. The fourth-order valence-electron chi connectivity index (χ4n) is 1.62. The summed E-state index contributed by atoms with van der Waals surface area (Å²) in [7, 11) is 0. The standard InChI is InChI=1S/C10H6ClF3N2O/c11-4-1-6(15)9-5(10(12,13)14)3-8(17)16-7(9)2-4/h1-3H,15H2,(H,16,17). The molecule has 3 N–H and O–H groups in total. The lowest BCUT2D eigenvalue weighted by molar-refractivity contribution is -0.136. The van der Waals surface area contributed by atoms with Gasteiger partial charge in [0.2, 0.25) is 5.56 Å². The Morgan fingerprint density at radius 1 is 1.24 bits per heavy atom. The first kappa shape index (κ1) is 11.8. The van der Waals surface area contributed by atoms with Crippen LogP contribution >= 0.6 is 11.6 Å². The van der Waals surface area contributed by atoms with E-state index in [2.05, 4.69) is 4.98 Å². The number of anilines is 1. The molecule has 7 heteroatoms. The number of nitrogen functional groups attached to an aromatic ring is 1. The van der Waals surface area contributed by atoms with E-state index in [4.69, 9.17) is 17.3 Å². The van der Waals surface area contributed by atoms with Gasteiger partial charge in [-0.25, -0.2) is 0 Å². The van der Waals surface area contributed by atoms with Crippen LogP contribution in [0.2, 0.25) is 5.02 Å². The number of nitrogens with one attached hydrogen (secondary N) is 1. The van der Waals surface area contributed by atoms with Crippen molar-refractivity contribution < 1.29 is 13.2 Å². The van der Waals surface area contributed by atoms with Crippen molar-refractivity contribution in [2.24, 2.45) is 0 Å². The van der Waals surface area contributed by atoms with Crippen LogP contribution in [0.15, 0.2) is 23.0 Å². The van der Waals surface area contributed by atoms with Crippen LogP contribution in [0, 0.1) is 0 Å². The normalized spacial score (nSPS) is 12.0. The number of hydrogen-bond donors (Lipinski definition) is 2. The van der Waals surface area contributed by atoms with Crippen molar-refractivity contribution >= 4 is 28.2 Å². The minimum atomic E-state index is -4.64. The zero-order valence-electron chi connectivity index (χ0n) is 8.23. The first-order valence-corrected chi connectivity index (χ1v) is 4.86. The van der Waals surface area contributed by atoms with Gasteiger partial charge in [-0.3, -0.25) is 4.79 Å². The average molecular weight is 263 g/mol. The van der Waals surface area contributed by atoms with Crippen LogP contribution in [0.4, 0.5) is 18.9 Å². The molecule has 0 saturated carbocycles. The molecule has 90 valence electrons. The number of rotatable bonds is 0. The Hall–Kier alpha value is -1.69. The third-order valence-electron chi connectivity index (χ3n) is 2.24. The Bertz CT molecular complexity index is 648. The van der Waals surface area contributed by atoms with E-state index in [9.17, 15) is 18.0 Å². The van der Waals surface area contributed by atoms with E-state index in [1.54, 1.807) is 0 Å². The highest BCUT2D eigenvalue weighted by molar-refractivity contribution is 6.31. The van der Waals surface area contributed by atoms with E-state index >= 15 is 0 Å². The number of alkyl halides is 3. The zero-order valence-corrected chi connectivity index (χ0v) is 8.99. The van der Waals surface area contributed by atoms with Gasteiger partial charge in [0.25, 0.3) is 0 Å². The molecule has 17 heavy (non-hydrogen) atoms. The smallest absolute Gasteiger partial charge is 0.398 e. The van der Waals surface area contributed by atoms with E-state index in [1.165, 1.54) is 12.1 Å². The van der Waals surface area contributed by atoms with Crippen molar-refractivity contribution in [3.05, 3.63) is 39.1 Å². The van der Waals surface area contributed by atoms with Crippen LogP contribution in [0.25, 0.3) is 10.9 Å². The molecule has 0 unspecified atom stereocenters. The minimum absolute atomic E-state index is 0.0326. The fraction of sp³-hybridized carbons (Fsp3) is 0.100. The molecule has 0 amide bonds. The molecule has 2 aromatic rings. The molecule has 1 aromatic heterocycles. The molecule has 0 atom stereocenters. The Morgan fingerprint density at radius 3 is 2.47 bits per heavy atom. The fourth-order valence-corrected chi connectivity index (χ4v) is 1.85. The zero-order chi connectivity index (χ0) is 12.8. The van der Waals surface area contributed by atoms with E-state index in [0.29, 0.717) is 6.07 Å². The molecule has 0 bridgehead atoms. The molecule has 1 heterocycles. The Morgan fingerprint density at radius 2 is 1.88 bits per heavy atom. The molecule has 3 nitrogen and oxygen atoms in total. The topological polar surface area (TPSA) is 58.9 Å². The van der Waals surface area contributed by atoms with Crippen LogP contribution in [0.5, 0.6) is 0 Å². The maximum atomic E-state index is 12.7. The molecule has 0 aliphatic carbocycles. The predicted octanol–water partition coefficient (Wildman–Crippen LogP) is 2.78. The second-order valence-electron chi connectivity index (χ2n) is 3.46. The highest BCUT2D eigenvalue weighted by Crippen LogP contribution is 2.36. The third-order valence-corrected chi connectivity index (χ3v) is 2.46. The second kappa shape index (κ2) is 3.66. The van der Waals surface area contributed by atoms with Crippen molar-refractivity contribution in [2.45, 2.75) is 6.18 Å². The summed E-state index contributed by atoms with van der Waals surface area (Å²) in [5.41, 5.74) is 3.42. The molecular weight excluding hydrogens is 257 g/mol. The number of fused-ring (bicyclic) bond motifs is 1. The molecule has 0 aliphatic rings. The van der Waals surface area contributed by atoms with Gasteiger partial charge in [-0.1, -0.05) is 11.6 Å². The summed E-state index contributed by atoms with van der Waals surface area (Å²) in [6.07, 6.45) is -4.64. The number of hydrogen-bond acceptors (Lipinski definition) is 2. The lowest BCUT2D eigenvalue weighted by Gasteiger charge is -2.11. The number of aromatic amines is 1. The molecule has 0 spiro atoms. The maximum Gasteiger partial charge on any atom is 0.417 e. The molecule has 0 saturated heterocycles. The van der Waals surface area contributed by atoms with E-state index in [0.717, 1.165) is 0 Å². The van der Waals surface area contributed by atoms with Crippen LogP contribution in [-0.4, -0.2) is 4.98 Å². The molecule has 0 aliphatic heterocycles. The SMILES string of the molecule is Nc1cc(Cl)cc2[nH]c(=O)cc(C(F)(F)F)c12. The van der Waals surface area contributed by atoms with Crippen LogP contribution in [0.1, 0.15) is 5.56 Å². The van der Waals surface area contributed by atoms with Gasteiger partial charge in [-0.2, -0.15) is 13.2 Å². The van der Waals surface area contributed by atoms with E-state index in [1.807, 2.05) is 0 Å². The van der Waals surface area contributed by atoms with Gasteiger partial charge in [0.05, 0.1) is 11.1 Å². The van der Waals surface area contributed by atoms with Gasteiger partial charge in [0.15, 0.2) is 0 Å². The Balaban J connectivity index is 2.98. The van der Waals surface area contributed by atoms with E-state index in [-0.39, 0.29) is 21.6 Å². The molecule has 1 aromatic carbocycles. The first-order valence-electron chi connectivity index (χ1n) is 4.48. The summed E-state index contributed by atoms with van der Waals surface area (Å²) >= 11 is 5.66. The van der Waals surface area contributed by atoms with Gasteiger partial charge < -0.3 is 10.7 Å². The summed E-state index contributed by atoms with van der Waals surface area (Å²) in [4.78, 5) is 13.4. The number of aromatic nitrogens is 1. The average Bonchev–Trinajstić information content (AvgIpc) is 2.13. The predicted molar refractivity (Wildman–Crippen MR) is 59.0 cm³/mol. The summed E-state index contributed by atoms with van der Waals surface area (Å²) < 4.78 is 38.2. The number of nitrogens with two attached hydrogens (primary N) is 1. The van der Waals surface area contributed by atoms with Crippen molar-refractivity contribution in [2.75, 3.05) is 5.73 Å². The minimum Gasteiger partial charge on any atom is -0.398 e. The molecule has 0 fully saturated rings. The highest BCUT2D eigenvalue weighted by Gasteiger charge is 2.34. The number of H-pyrrole nitrogens is 1. The second-order valence-corrected chi connectivity index (χ2v) is 3.90. The van der Waals surface area contributed by atoms with Crippen LogP contribution < -0.4 is 11.3 Å². The lowest BCUT2D eigenvalue weighted by Crippen LogP contribution is -2.14. The van der Waals surface area contributed by atoms with Crippen LogP contribution in [0.3, 0.4) is 0 Å². The number of halogens is 4. The summed E-state index contributed by atoms with van der Waals surface area (Å²) in [6.45, 7) is 0. The summed E-state index contributed by atoms with van der Waals surface area (Å²) in [6, 6.07) is 2.91. The van der Waals surface area contributed by atoms with Gasteiger partial charge in [-0.05, 0) is 12.1 Å². The quantitative estimate of drug-likeness (QED) is 0.717. The van der Waals surface area contributed by atoms with Crippen molar-refractivity contribution in [3.63, 3.8) is 0 Å². The lowest BCUT2D eigenvalue weighted by atomic mass is 10.1. The van der Waals surface area contributed by atoms with Crippen molar-refractivity contribution in [3.8, 4) is 0 Å². The first-order chi connectivity index (χ1) is 7.79. The van der Waals surface area contributed by atoms with E-state index < -0.39 is 17.3 Å². The number of benzene rings is 1. The summed E-state index contributed by atoms with van der Waals surface area (Å²) in [5.74, 6) is 0.